The number of hydrogen-bond donors (Lipinski definition) is 1. The molecule has 4 heteroatoms. The summed E-state index contributed by atoms with van der Waals surface area (Å²) in [6, 6.07) is 0.0727. The molecule has 1 unspecified atom stereocenters. The Morgan fingerprint density at radius 1 is 1.07 bits per heavy atom. The normalized spacial score (nSPS) is 15.4. The third kappa shape index (κ3) is 8.44. The van der Waals surface area contributed by atoms with E-state index in [2.05, 4.69) is 0 Å². The lowest BCUT2D eigenvalue weighted by Crippen LogP contribution is -2.32. The van der Waals surface area contributed by atoms with Gasteiger partial charge in [0.1, 0.15) is 0 Å². The highest BCUT2D eigenvalue weighted by molar-refractivity contribution is 4.61. The van der Waals surface area contributed by atoms with Crippen LogP contribution in [0.3, 0.4) is 0 Å². The minimum atomic E-state index is 0.0727. The quantitative estimate of drug-likeness (QED) is 0.565. The molecule has 0 amide bonds. The Morgan fingerprint density at radius 3 is 2.36 bits per heavy atom. The molecule has 0 radical (unpaired) electrons. The van der Waals surface area contributed by atoms with Gasteiger partial charge < -0.3 is 19.9 Å². The summed E-state index contributed by atoms with van der Waals surface area (Å²) in [6.07, 6.45) is 1.02. The molecule has 2 atom stereocenters. The molecule has 86 valence electrons. The Hall–Kier alpha value is -0.160. The fourth-order valence-electron chi connectivity index (χ4n) is 0.852. The highest BCUT2D eigenvalue weighted by Crippen LogP contribution is 1.94. The van der Waals surface area contributed by atoms with E-state index in [1.165, 1.54) is 0 Å². The summed E-state index contributed by atoms with van der Waals surface area (Å²) in [7, 11) is 1.69. The van der Waals surface area contributed by atoms with Crippen LogP contribution in [0.15, 0.2) is 0 Å². The summed E-state index contributed by atoms with van der Waals surface area (Å²) in [5, 5.41) is 0. The SMILES string of the molecule is COCCCOCCOC(C)[C@H](C)N. The molecule has 0 aromatic rings. The van der Waals surface area contributed by atoms with Crippen LogP contribution in [0, 0.1) is 0 Å². The van der Waals surface area contributed by atoms with Crippen LogP contribution >= 0.6 is 0 Å². The minimum Gasteiger partial charge on any atom is -0.385 e. The van der Waals surface area contributed by atoms with Gasteiger partial charge in [0.05, 0.1) is 19.3 Å². The average Bonchev–Trinajstić information content (AvgIpc) is 2.16. The van der Waals surface area contributed by atoms with Crippen molar-refractivity contribution in [1.29, 1.82) is 0 Å². The molecule has 4 nitrogen and oxygen atoms in total. The van der Waals surface area contributed by atoms with E-state index in [1.807, 2.05) is 13.8 Å². The van der Waals surface area contributed by atoms with Gasteiger partial charge in [-0.25, -0.2) is 0 Å². The molecule has 0 aliphatic carbocycles. The van der Waals surface area contributed by atoms with Crippen molar-refractivity contribution >= 4 is 0 Å². The summed E-state index contributed by atoms with van der Waals surface area (Å²) in [5.74, 6) is 0. The van der Waals surface area contributed by atoms with Gasteiger partial charge in [-0.15, -0.1) is 0 Å². The van der Waals surface area contributed by atoms with Crippen molar-refractivity contribution in [1.82, 2.24) is 0 Å². The van der Waals surface area contributed by atoms with Gasteiger partial charge in [-0.1, -0.05) is 0 Å². The van der Waals surface area contributed by atoms with Gasteiger partial charge >= 0.3 is 0 Å². The van der Waals surface area contributed by atoms with E-state index >= 15 is 0 Å². The van der Waals surface area contributed by atoms with E-state index in [1.54, 1.807) is 7.11 Å². The fraction of sp³-hybridized carbons (Fsp3) is 1.00. The molecule has 0 aromatic carbocycles. The van der Waals surface area contributed by atoms with Gasteiger partial charge in [0.15, 0.2) is 0 Å². The monoisotopic (exact) mass is 205 g/mol. The lowest BCUT2D eigenvalue weighted by molar-refractivity contribution is 0.00131. The average molecular weight is 205 g/mol. The summed E-state index contributed by atoms with van der Waals surface area (Å²) >= 11 is 0. The van der Waals surface area contributed by atoms with Crippen LogP contribution < -0.4 is 5.73 Å². The predicted molar refractivity (Wildman–Crippen MR) is 56.4 cm³/mol. The maximum atomic E-state index is 5.63. The summed E-state index contributed by atoms with van der Waals surface area (Å²) < 4.78 is 15.6. The van der Waals surface area contributed by atoms with Crippen LogP contribution in [0.5, 0.6) is 0 Å². The lowest BCUT2D eigenvalue weighted by atomic mass is 10.2. The van der Waals surface area contributed by atoms with Crippen molar-refractivity contribution in [3.63, 3.8) is 0 Å². The molecular weight excluding hydrogens is 182 g/mol. The van der Waals surface area contributed by atoms with Gasteiger partial charge in [0.2, 0.25) is 0 Å². The van der Waals surface area contributed by atoms with Crippen molar-refractivity contribution in [3.8, 4) is 0 Å². The van der Waals surface area contributed by atoms with E-state index < -0.39 is 0 Å². The van der Waals surface area contributed by atoms with Crippen LogP contribution in [0.25, 0.3) is 0 Å². The molecular formula is C10H23NO3. The Balaban J connectivity index is 3.06. The van der Waals surface area contributed by atoms with Gasteiger partial charge in [0, 0.05) is 26.4 Å². The molecule has 0 aliphatic heterocycles. The van der Waals surface area contributed by atoms with Crippen LogP contribution in [-0.2, 0) is 14.2 Å². The van der Waals surface area contributed by atoms with Gasteiger partial charge in [0.25, 0.3) is 0 Å². The van der Waals surface area contributed by atoms with Crippen molar-refractivity contribution in [2.24, 2.45) is 5.73 Å². The van der Waals surface area contributed by atoms with E-state index in [0.29, 0.717) is 13.2 Å². The number of rotatable bonds is 9. The van der Waals surface area contributed by atoms with Crippen molar-refractivity contribution in [3.05, 3.63) is 0 Å². The molecule has 2 N–H and O–H groups in total. The Bertz CT molecular complexity index is 120. The van der Waals surface area contributed by atoms with Crippen molar-refractivity contribution in [2.75, 3.05) is 33.5 Å². The summed E-state index contributed by atoms with van der Waals surface area (Å²) in [4.78, 5) is 0. The Morgan fingerprint density at radius 2 is 1.79 bits per heavy atom. The maximum Gasteiger partial charge on any atom is 0.0704 e. The molecule has 0 fully saturated rings. The molecule has 0 saturated heterocycles. The van der Waals surface area contributed by atoms with E-state index in [9.17, 15) is 0 Å². The van der Waals surface area contributed by atoms with Crippen LogP contribution in [0.1, 0.15) is 20.3 Å². The fourth-order valence-corrected chi connectivity index (χ4v) is 0.852. The molecule has 0 spiro atoms. The molecule has 0 aromatic heterocycles. The van der Waals surface area contributed by atoms with Gasteiger partial charge in [-0.05, 0) is 20.3 Å². The highest BCUT2D eigenvalue weighted by Gasteiger charge is 2.06. The first-order valence-corrected chi connectivity index (χ1v) is 5.12. The molecule has 0 saturated carbocycles. The van der Waals surface area contributed by atoms with Crippen molar-refractivity contribution in [2.45, 2.75) is 32.4 Å². The molecule has 14 heavy (non-hydrogen) atoms. The number of hydrogen-bond acceptors (Lipinski definition) is 4. The third-order valence-corrected chi connectivity index (χ3v) is 1.99. The standard InChI is InChI=1S/C10H23NO3/c1-9(11)10(2)14-8-7-13-6-4-5-12-3/h9-10H,4-8,11H2,1-3H3/t9-,10?/m0/s1. The maximum absolute atomic E-state index is 5.63. The topological polar surface area (TPSA) is 53.7 Å². The Kier molecular flexibility index (Phi) is 9.29. The number of ether oxygens (including phenoxy) is 3. The van der Waals surface area contributed by atoms with Crippen molar-refractivity contribution < 1.29 is 14.2 Å². The van der Waals surface area contributed by atoms with E-state index in [-0.39, 0.29) is 12.1 Å². The zero-order chi connectivity index (χ0) is 10.8. The first-order chi connectivity index (χ1) is 6.68. The zero-order valence-corrected chi connectivity index (χ0v) is 9.49. The highest BCUT2D eigenvalue weighted by atomic mass is 16.5. The number of methoxy groups -OCH3 is 1. The third-order valence-electron chi connectivity index (χ3n) is 1.99. The van der Waals surface area contributed by atoms with Gasteiger partial charge in [-0.2, -0.15) is 0 Å². The van der Waals surface area contributed by atoms with Crippen LogP contribution in [-0.4, -0.2) is 45.7 Å². The molecule has 0 aliphatic rings. The van der Waals surface area contributed by atoms with E-state index in [4.69, 9.17) is 19.9 Å². The van der Waals surface area contributed by atoms with Crippen LogP contribution in [0.2, 0.25) is 0 Å². The molecule has 0 heterocycles. The smallest absolute Gasteiger partial charge is 0.0704 e. The predicted octanol–water partition coefficient (Wildman–Crippen LogP) is 0.792. The summed E-state index contributed by atoms with van der Waals surface area (Å²) in [5.41, 5.74) is 5.63. The second-order valence-electron chi connectivity index (χ2n) is 3.39. The first-order valence-electron chi connectivity index (χ1n) is 5.12. The molecule has 0 bridgehead atoms. The molecule has 0 rings (SSSR count). The minimum absolute atomic E-state index is 0.0727. The first kappa shape index (κ1) is 13.8. The van der Waals surface area contributed by atoms with E-state index in [0.717, 1.165) is 19.6 Å². The van der Waals surface area contributed by atoms with Gasteiger partial charge in [-0.3, -0.25) is 0 Å². The number of nitrogens with two attached hydrogens (primary N) is 1. The van der Waals surface area contributed by atoms with Crippen LogP contribution in [0.4, 0.5) is 0 Å². The Labute approximate surface area is 86.7 Å². The zero-order valence-electron chi connectivity index (χ0n) is 9.49. The largest absolute Gasteiger partial charge is 0.385 e. The summed E-state index contributed by atoms with van der Waals surface area (Å²) in [6.45, 7) is 6.61. The second-order valence-corrected chi connectivity index (χ2v) is 3.39. The lowest BCUT2D eigenvalue weighted by Gasteiger charge is -2.16. The second kappa shape index (κ2) is 9.40.